The third kappa shape index (κ3) is 5.84. The smallest absolute Gasteiger partial charge is 0.0593 e. The van der Waals surface area contributed by atoms with Crippen LogP contribution in [0, 0.1) is 11.8 Å². The van der Waals surface area contributed by atoms with Crippen LogP contribution in [-0.4, -0.2) is 51.3 Å². The normalized spacial score (nSPS) is 25.4. The summed E-state index contributed by atoms with van der Waals surface area (Å²) in [5.74, 6) is 1.80. The highest BCUT2D eigenvalue weighted by molar-refractivity contribution is 4.72. The van der Waals surface area contributed by atoms with Gasteiger partial charge in [0.05, 0.1) is 6.61 Å². The van der Waals surface area contributed by atoms with E-state index in [4.69, 9.17) is 4.74 Å². The number of likely N-dealkylation sites (N-methyl/N-ethyl adjacent to an activating group) is 1. The van der Waals surface area contributed by atoms with E-state index in [1.54, 1.807) is 0 Å². The second-order valence-corrected chi connectivity index (χ2v) is 5.82. The Bertz CT molecular complexity index is 200. The van der Waals surface area contributed by atoms with Gasteiger partial charge in [0.25, 0.3) is 0 Å². The number of hydrogen-bond acceptors (Lipinski definition) is 3. The third-order valence-corrected chi connectivity index (χ3v) is 3.99. The maximum Gasteiger partial charge on any atom is 0.0593 e. The molecule has 0 spiro atoms. The maximum atomic E-state index is 5.67. The molecule has 1 saturated heterocycles. The molecule has 1 atom stereocenters. The summed E-state index contributed by atoms with van der Waals surface area (Å²) < 4.78 is 5.67. The largest absolute Gasteiger partial charge is 0.380 e. The minimum absolute atomic E-state index is 0.897. The summed E-state index contributed by atoms with van der Waals surface area (Å²) in [6, 6.07) is 0. The van der Waals surface area contributed by atoms with Crippen molar-refractivity contribution in [1.82, 2.24) is 10.2 Å². The lowest BCUT2D eigenvalue weighted by Gasteiger charge is -2.25. The Morgan fingerprint density at radius 1 is 1.18 bits per heavy atom. The Balaban J connectivity index is 1.43. The number of rotatable bonds is 8. The van der Waals surface area contributed by atoms with Gasteiger partial charge in [0.2, 0.25) is 0 Å². The second kappa shape index (κ2) is 7.34. The van der Waals surface area contributed by atoms with Crippen molar-refractivity contribution in [2.75, 3.05) is 46.4 Å². The van der Waals surface area contributed by atoms with Gasteiger partial charge >= 0.3 is 0 Å². The predicted octanol–water partition coefficient (Wildman–Crippen LogP) is 1.73. The van der Waals surface area contributed by atoms with Crippen LogP contribution in [0.5, 0.6) is 0 Å². The zero-order valence-electron chi connectivity index (χ0n) is 11.3. The van der Waals surface area contributed by atoms with Crippen molar-refractivity contribution in [2.45, 2.75) is 32.1 Å². The van der Waals surface area contributed by atoms with Crippen LogP contribution in [0.1, 0.15) is 32.1 Å². The van der Waals surface area contributed by atoms with Crippen molar-refractivity contribution < 1.29 is 4.74 Å². The molecule has 17 heavy (non-hydrogen) atoms. The lowest BCUT2D eigenvalue weighted by Crippen LogP contribution is -2.33. The van der Waals surface area contributed by atoms with Crippen LogP contribution in [0.25, 0.3) is 0 Å². The topological polar surface area (TPSA) is 24.5 Å². The number of piperidine rings is 1. The highest BCUT2D eigenvalue weighted by Gasteiger charge is 2.21. The Labute approximate surface area is 106 Å². The van der Waals surface area contributed by atoms with Gasteiger partial charge in [0, 0.05) is 13.2 Å². The summed E-state index contributed by atoms with van der Waals surface area (Å²) in [4.78, 5) is 2.42. The van der Waals surface area contributed by atoms with Gasteiger partial charge in [0.1, 0.15) is 0 Å². The number of hydrogen-bond donors (Lipinski definition) is 1. The van der Waals surface area contributed by atoms with Crippen LogP contribution in [0.2, 0.25) is 0 Å². The standard InChI is InChI=1S/C14H28N2O/c1-16(9-10-17-12-14-4-5-14)8-6-13-3-2-7-15-11-13/h13-15H,2-12H2,1H3. The van der Waals surface area contributed by atoms with Crippen LogP contribution in [0.15, 0.2) is 0 Å². The van der Waals surface area contributed by atoms with Gasteiger partial charge in [0.15, 0.2) is 0 Å². The molecule has 0 radical (unpaired) electrons. The fraction of sp³-hybridized carbons (Fsp3) is 1.00. The van der Waals surface area contributed by atoms with E-state index in [1.807, 2.05) is 0 Å². The third-order valence-electron chi connectivity index (χ3n) is 3.99. The first-order valence-electron chi connectivity index (χ1n) is 7.31. The van der Waals surface area contributed by atoms with E-state index in [0.29, 0.717) is 0 Å². The van der Waals surface area contributed by atoms with E-state index in [1.165, 1.54) is 51.7 Å². The molecule has 3 nitrogen and oxygen atoms in total. The molecule has 3 heteroatoms. The molecule has 0 amide bonds. The number of nitrogens with zero attached hydrogens (tertiary/aromatic N) is 1. The summed E-state index contributed by atoms with van der Waals surface area (Å²) in [6.07, 6.45) is 6.90. The molecule has 0 aromatic carbocycles. The maximum absolute atomic E-state index is 5.67. The summed E-state index contributed by atoms with van der Waals surface area (Å²) in [5.41, 5.74) is 0. The molecule has 1 unspecified atom stereocenters. The molecule has 0 aromatic heterocycles. The van der Waals surface area contributed by atoms with Gasteiger partial charge in [-0.25, -0.2) is 0 Å². The van der Waals surface area contributed by atoms with Crippen molar-refractivity contribution in [3.63, 3.8) is 0 Å². The molecule has 0 bridgehead atoms. The SMILES string of the molecule is CN(CCOCC1CC1)CCC1CCCNC1. The minimum Gasteiger partial charge on any atom is -0.380 e. The van der Waals surface area contributed by atoms with E-state index in [-0.39, 0.29) is 0 Å². The predicted molar refractivity (Wildman–Crippen MR) is 71.3 cm³/mol. The Morgan fingerprint density at radius 2 is 2.06 bits per heavy atom. The Hall–Kier alpha value is -0.120. The molecular formula is C14H28N2O. The molecule has 1 saturated carbocycles. The molecule has 100 valence electrons. The highest BCUT2D eigenvalue weighted by atomic mass is 16.5. The van der Waals surface area contributed by atoms with E-state index in [2.05, 4.69) is 17.3 Å². The Kier molecular flexibility index (Phi) is 5.75. The van der Waals surface area contributed by atoms with Crippen molar-refractivity contribution in [2.24, 2.45) is 11.8 Å². The molecular weight excluding hydrogens is 212 g/mol. The molecule has 1 heterocycles. The monoisotopic (exact) mass is 240 g/mol. The number of ether oxygens (including phenoxy) is 1. The van der Waals surface area contributed by atoms with E-state index in [0.717, 1.165) is 31.6 Å². The van der Waals surface area contributed by atoms with E-state index in [9.17, 15) is 0 Å². The highest BCUT2D eigenvalue weighted by Crippen LogP contribution is 2.28. The first kappa shape index (κ1) is 13.3. The average molecular weight is 240 g/mol. The first-order valence-corrected chi connectivity index (χ1v) is 7.31. The molecule has 2 aliphatic rings. The van der Waals surface area contributed by atoms with Crippen molar-refractivity contribution >= 4 is 0 Å². The summed E-state index contributed by atoms with van der Waals surface area (Å²) in [6.45, 7) is 6.68. The van der Waals surface area contributed by atoms with Crippen LogP contribution < -0.4 is 5.32 Å². The van der Waals surface area contributed by atoms with Crippen molar-refractivity contribution in [1.29, 1.82) is 0 Å². The lowest BCUT2D eigenvalue weighted by molar-refractivity contribution is 0.101. The second-order valence-electron chi connectivity index (χ2n) is 5.82. The fourth-order valence-electron chi connectivity index (χ4n) is 2.44. The van der Waals surface area contributed by atoms with Crippen LogP contribution in [-0.2, 0) is 4.74 Å². The van der Waals surface area contributed by atoms with Crippen LogP contribution in [0.4, 0.5) is 0 Å². The number of nitrogens with one attached hydrogen (secondary N) is 1. The van der Waals surface area contributed by atoms with E-state index >= 15 is 0 Å². The molecule has 1 aliphatic carbocycles. The minimum atomic E-state index is 0.897. The van der Waals surface area contributed by atoms with Crippen LogP contribution >= 0.6 is 0 Å². The van der Waals surface area contributed by atoms with Crippen molar-refractivity contribution in [3.05, 3.63) is 0 Å². The summed E-state index contributed by atoms with van der Waals surface area (Å²) in [5, 5.41) is 3.49. The molecule has 0 aromatic rings. The fourth-order valence-corrected chi connectivity index (χ4v) is 2.44. The van der Waals surface area contributed by atoms with Gasteiger partial charge in [-0.2, -0.15) is 0 Å². The van der Waals surface area contributed by atoms with E-state index < -0.39 is 0 Å². The molecule has 2 rings (SSSR count). The summed E-state index contributed by atoms with van der Waals surface area (Å²) >= 11 is 0. The summed E-state index contributed by atoms with van der Waals surface area (Å²) in [7, 11) is 2.22. The van der Waals surface area contributed by atoms with Gasteiger partial charge < -0.3 is 15.0 Å². The zero-order chi connectivity index (χ0) is 11.9. The van der Waals surface area contributed by atoms with Crippen molar-refractivity contribution in [3.8, 4) is 0 Å². The zero-order valence-corrected chi connectivity index (χ0v) is 11.3. The van der Waals surface area contributed by atoms with Gasteiger partial charge in [-0.3, -0.25) is 0 Å². The molecule has 2 fully saturated rings. The lowest BCUT2D eigenvalue weighted by atomic mass is 9.96. The van der Waals surface area contributed by atoms with Gasteiger partial charge in [-0.1, -0.05) is 0 Å². The average Bonchev–Trinajstić information content (AvgIpc) is 3.17. The molecule has 1 aliphatic heterocycles. The quantitative estimate of drug-likeness (QED) is 0.654. The molecule has 1 N–H and O–H groups in total. The Morgan fingerprint density at radius 3 is 2.76 bits per heavy atom. The van der Waals surface area contributed by atoms with Crippen LogP contribution in [0.3, 0.4) is 0 Å². The van der Waals surface area contributed by atoms with Gasteiger partial charge in [-0.05, 0) is 70.6 Å². The van der Waals surface area contributed by atoms with Gasteiger partial charge in [-0.15, -0.1) is 0 Å². The first-order chi connectivity index (χ1) is 8.34.